The number of aromatic amines is 2. The van der Waals surface area contributed by atoms with Crippen molar-refractivity contribution < 1.29 is 39.0 Å². The molecule has 0 radical (unpaired) electrons. The summed E-state index contributed by atoms with van der Waals surface area (Å²) in [7, 11) is 0. The Morgan fingerprint density at radius 3 is 2.07 bits per heavy atom. The number of imidazole rings is 1. The number of carboxylic acid groups (broad SMARTS) is 2. The van der Waals surface area contributed by atoms with Gasteiger partial charge in [-0.05, 0) is 40.8 Å². The van der Waals surface area contributed by atoms with Crippen LogP contribution in [0.4, 0.5) is 0 Å². The van der Waals surface area contributed by atoms with Crippen molar-refractivity contribution in [3.8, 4) is 0 Å². The molecule has 2 heterocycles. The summed E-state index contributed by atoms with van der Waals surface area (Å²) in [5, 5.41) is 32.4. The lowest BCUT2D eigenvalue weighted by molar-refractivity contribution is -0.142. The number of nitrogens with one attached hydrogen (secondary N) is 6. The normalized spacial score (nSPS) is 13.6. The van der Waals surface area contributed by atoms with Gasteiger partial charge in [-0.3, -0.25) is 29.0 Å². The SMILES string of the molecule is NC(N)=NCCC[C@H](NC(=O)[C@@H](Cc1ccc2ccccc2c1)NC(=O)[C@H](Cc1cnc[nH]1)NC(=O)[C@@H](N)CC(=O)O)C(=O)N[C@@H](Cc1c[nH]c2ccccc12)C(=O)O. The number of amides is 4. The number of hydrogen-bond acceptors (Lipinski definition) is 9. The highest BCUT2D eigenvalue weighted by atomic mass is 16.4. The molecule has 0 aliphatic rings. The van der Waals surface area contributed by atoms with Gasteiger partial charge >= 0.3 is 11.9 Å². The molecular weight excluding hydrogens is 763 g/mol. The minimum absolute atomic E-state index is 0.0234. The van der Waals surface area contributed by atoms with Crippen LogP contribution in [0.1, 0.15) is 36.1 Å². The van der Waals surface area contributed by atoms with E-state index < -0.39 is 72.2 Å². The van der Waals surface area contributed by atoms with Crippen molar-refractivity contribution in [2.75, 3.05) is 6.54 Å². The zero-order valence-corrected chi connectivity index (χ0v) is 31.9. The molecule has 0 aliphatic heterocycles. The monoisotopic (exact) mass is 809 g/mol. The highest BCUT2D eigenvalue weighted by molar-refractivity contribution is 5.96. The number of nitrogens with zero attached hydrogens (tertiary/aromatic N) is 2. The van der Waals surface area contributed by atoms with Gasteiger partial charge in [-0.25, -0.2) is 9.78 Å². The number of aromatic nitrogens is 3. The highest BCUT2D eigenvalue weighted by Crippen LogP contribution is 2.20. The maximum atomic E-state index is 14.3. The zero-order chi connectivity index (χ0) is 42.5. The average Bonchev–Trinajstić information content (AvgIpc) is 3.87. The van der Waals surface area contributed by atoms with Crippen LogP contribution in [0.3, 0.4) is 0 Å². The Kier molecular flexibility index (Phi) is 14.7. The average molecular weight is 810 g/mol. The number of fused-ring (bicyclic) bond motifs is 2. The summed E-state index contributed by atoms with van der Waals surface area (Å²) in [6.45, 7) is 0.0932. The van der Waals surface area contributed by atoms with Gasteiger partial charge < -0.3 is 58.6 Å². The summed E-state index contributed by atoms with van der Waals surface area (Å²) in [4.78, 5) is 92.8. The molecule has 0 aliphatic carbocycles. The first-order valence-corrected chi connectivity index (χ1v) is 18.7. The largest absolute Gasteiger partial charge is 0.481 e. The van der Waals surface area contributed by atoms with Gasteiger partial charge in [0.15, 0.2) is 5.96 Å². The van der Waals surface area contributed by atoms with Crippen LogP contribution in [0, 0.1) is 0 Å². The van der Waals surface area contributed by atoms with Gasteiger partial charge in [0.2, 0.25) is 23.6 Å². The molecule has 0 bridgehead atoms. The molecule has 19 heteroatoms. The highest BCUT2D eigenvalue weighted by Gasteiger charge is 2.33. The molecule has 0 saturated carbocycles. The van der Waals surface area contributed by atoms with Crippen molar-refractivity contribution >= 4 is 63.2 Å². The van der Waals surface area contributed by atoms with E-state index in [2.05, 4.69) is 41.2 Å². The van der Waals surface area contributed by atoms with E-state index in [1.807, 2.05) is 60.7 Å². The molecule has 19 nitrogen and oxygen atoms in total. The predicted octanol–water partition coefficient (Wildman–Crippen LogP) is -0.0485. The van der Waals surface area contributed by atoms with Crippen LogP contribution >= 0.6 is 0 Å². The number of H-pyrrole nitrogens is 2. The lowest BCUT2D eigenvalue weighted by Gasteiger charge is -2.26. The summed E-state index contributed by atoms with van der Waals surface area (Å²) in [6.07, 6.45) is 3.66. The molecule has 5 rings (SSSR count). The predicted molar refractivity (Wildman–Crippen MR) is 217 cm³/mol. The van der Waals surface area contributed by atoms with Gasteiger partial charge in [-0.1, -0.05) is 60.7 Å². The number of carbonyl (C=O) groups excluding carboxylic acids is 4. The van der Waals surface area contributed by atoms with Crippen LogP contribution in [0.15, 0.2) is 90.4 Å². The summed E-state index contributed by atoms with van der Waals surface area (Å²) in [5.74, 6) is -6.15. The molecule has 5 atom stereocenters. The topological polar surface area (TPSA) is 326 Å². The minimum atomic E-state index is -1.48. The van der Waals surface area contributed by atoms with Crippen molar-refractivity contribution in [1.82, 2.24) is 36.2 Å². The lowest BCUT2D eigenvalue weighted by Crippen LogP contribution is -2.59. The Bertz CT molecular complexity index is 2310. The smallest absolute Gasteiger partial charge is 0.326 e. The number of guanidine groups is 1. The van der Waals surface area contributed by atoms with Crippen LogP contribution in [-0.2, 0) is 48.0 Å². The second-order valence-corrected chi connectivity index (χ2v) is 14.0. The third-order valence-electron chi connectivity index (χ3n) is 9.52. The van der Waals surface area contributed by atoms with Gasteiger partial charge in [-0.2, -0.15) is 0 Å². The number of hydrogen-bond donors (Lipinski definition) is 11. The van der Waals surface area contributed by atoms with Crippen LogP contribution in [0.2, 0.25) is 0 Å². The third kappa shape index (κ3) is 12.4. The first kappa shape index (κ1) is 42.9. The number of aliphatic imine (C=N–C) groups is 1. The fourth-order valence-electron chi connectivity index (χ4n) is 6.51. The molecule has 4 amide bonds. The molecule has 2 aromatic heterocycles. The number of carbonyl (C=O) groups is 6. The zero-order valence-electron chi connectivity index (χ0n) is 31.9. The molecule has 310 valence electrons. The molecule has 0 spiro atoms. The first-order valence-electron chi connectivity index (χ1n) is 18.7. The molecule has 0 saturated heterocycles. The molecule has 14 N–H and O–H groups in total. The third-order valence-corrected chi connectivity index (χ3v) is 9.52. The van der Waals surface area contributed by atoms with E-state index >= 15 is 0 Å². The summed E-state index contributed by atoms with van der Waals surface area (Å²) >= 11 is 0. The van der Waals surface area contributed by atoms with Crippen LogP contribution in [0.25, 0.3) is 21.7 Å². The van der Waals surface area contributed by atoms with E-state index in [9.17, 15) is 39.0 Å². The van der Waals surface area contributed by atoms with Gasteiger partial charge in [0.25, 0.3) is 0 Å². The first-order chi connectivity index (χ1) is 28.3. The Labute approximate surface area is 337 Å². The Hall–Kier alpha value is -7.28. The maximum absolute atomic E-state index is 14.3. The van der Waals surface area contributed by atoms with Crippen molar-refractivity contribution in [2.24, 2.45) is 22.2 Å². The number of aliphatic carboxylic acids is 2. The fraction of sp³-hybridized carbons (Fsp3) is 0.300. The molecular formula is C40H47N11O8. The van der Waals surface area contributed by atoms with E-state index in [1.54, 1.807) is 12.3 Å². The number of para-hydroxylation sites is 1. The minimum Gasteiger partial charge on any atom is -0.481 e. The van der Waals surface area contributed by atoms with Crippen molar-refractivity contribution in [1.29, 1.82) is 0 Å². The number of carboxylic acids is 2. The summed E-state index contributed by atoms with van der Waals surface area (Å²) in [5.41, 5.74) is 19.3. The Morgan fingerprint density at radius 2 is 1.37 bits per heavy atom. The molecule has 0 unspecified atom stereocenters. The van der Waals surface area contributed by atoms with E-state index in [4.69, 9.17) is 17.2 Å². The lowest BCUT2D eigenvalue weighted by atomic mass is 9.99. The van der Waals surface area contributed by atoms with Gasteiger partial charge in [0.1, 0.15) is 24.2 Å². The number of rotatable bonds is 21. The molecule has 3 aromatic carbocycles. The van der Waals surface area contributed by atoms with Crippen LogP contribution in [-0.4, -0.2) is 103 Å². The second kappa shape index (κ2) is 20.2. The van der Waals surface area contributed by atoms with Gasteiger partial charge in [0.05, 0.1) is 18.8 Å². The molecule has 5 aromatic rings. The fourth-order valence-corrected chi connectivity index (χ4v) is 6.51. The van der Waals surface area contributed by atoms with Crippen molar-refractivity contribution in [3.63, 3.8) is 0 Å². The molecule has 59 heavy (non-hydrogen) atoms. The van der Waals surface area contributed by atoms with Crippen LogP contribution < -0.4 is 38.5 Å². The van der Waals surface area contributed by atoms with Crippen molar-refractivity contribution in [2.45, 2.75) is 68.7 Å². The van der Waals surface area contributed by atoms with Crippen molar-refractivity contribution in [3.05, 3.63) is 102 Å². The van der Waals surface area contributed by atoms with Gasteiger partial charge in [-0.15, -0.1) is 0 Å². The van der Waals surface area contributed by atoms with Gasteiger partial charge in [0, 0.05) is 54.8 Å². The summed E-state index contributed by atoms with van der Waals surface area (Å²) < 4.78 is 0. The number of nitrogens with two attached hydrogens (primary N) is 3. The number of benzene rings is 3. The standard InChI is InChI=1S/C40H47N11O8/c41-28(18-34(52)53)35(54)49-32(17-26-20-44-21-47-26)38(57)50-31(15-22-11-12-23-6-1-2-7-24(23)14-22)37(56)48-30(10-5-13-45-40(42)43)36(55)51-33(39(58)59)16-25-19-46-29-9-4-3-8-27(25)29/h1-4,6-9,11-12,14,19-21,28,30-33,46H,5,10,13,15-18,41H2,(H,44,47)(H,48,56)(H,49,54)(H,50,57)(H,51,55)(H,52,53)(H,58,59)(H4,42,43,45)/t28-,30-,31+,32-,33-/m0/s1. The summed E-state index contributed by atoms with van der Waals surface area (Å²) in [6, 6.07) is 13.4. The quantitative estimate of drug-likeness (QED) is 0.0264. The Balaban J connectivity index is 1.42. The Morgan fingerprint density at radius 1 is 0.729 bits per heavy atom. The second-order valence-electron chi connectivity index (χ2n) is 14.0. The van der Waals surface area contributed by atoms with E-state index in [1.165, 1.54) is 12.5 Å². The molecule has 0 fully saturated rings. The van der Waals surface area contributed by atoms with E-state index in [0.717, 1.165) is 21.7 Å². The van der Waals surface area contributed by atoms with Crippen LogP contribution in [0.5, 0.6) is 0 Å². The maximum Gasteiger partial charge on any atom is 0.326 e. The van der Waals surface area contributed by atoms with E-state index in [0.29, 0.717) is 16.8 Å². The van der Waals surface area contributed by atoms with E-state index in [-0.39, 0.29) is 44.6 Å².